The third-order valence-electron chi connectivity index (χ3n) is 13.2. The average molecular weight is 429 g/mol. The molecule has 10 atom stereocenters. The number of rotatable bonds is 5. The summed E-state index contributed by atoms with van der Waals surface area (Å²) in [5, 5.41) is 10.8. The van der Waals surface area contributed by atoms with Gasteiger partial charge in [0.1, 0.15) is 0 Å². The van der Waals surface area contributed by atoms with Crippen LogP contribution in [0.2, 0.25) is 0 Å². The molecule has 5 rings (SSSR count). The fraction of sp³-hybridized carbons (Fsp3) is 1.00. The van der Waals surface area contributed by atoms with Gasteiger partial charge in [0.05, 0.1) is 6.10 Å². The molecule has 1 nitrogen and oxygen atoms in total. The van der Waals surface area contributed by atoms with Gasteiger partial charge in [-0.1, -0.05) is 61.3 Å². The Balaban J connectivity index is 1.33. The molecule has 1 heteroatoms. The van der Waals surface area contributed by atoms with E-state index in [2.05, 4.69) is 48.5 Å². The quantitative estimate of drug-likeness (QED) is 0.469. The first kappa shape index (κ1) is 22.7. The number of fused-ring (bicyclic) bond motifs is 2. The zero-order valence-corrected chi connectivity index (χ0v) is 21.8. The molecule has 178 valence electrons. The predicted octanol–water partition coefficient (Wildman–Crippen LogP) is 8.10. The van der Waals surface area contributed by atoms with Crippen molar-refractivity contribution in [2.45, 2.75) is 125 Å². The van der Waals surface area contributed by atoms with Gasteiger partial charge < -0.3 is 5.11 Å². The Labute approximate surface area is 193 Å². The molecular weight excluding hydrogens is 376 g/mol. The van der Waals surface area contributed by atoms with Crippen LogP contribution in [0.15, 0.2) is 0 Å². The van der Waals surface area contributed by atoms with Crippen molar-refractivity contribution in [2.24, 2.45) is 63.1 Å². The van der Waals surface area contributed by atoms with E-state index in [1.54, 1.807) is 0 Å². The fourth-order valence-electron chi connectivity index (χ4n) is 10.9. The van der Waals surface area contributed by atoms with Gasteiger partial charge in [-0.2, -0.15) is 0 Å². The van der Waals surface area contributed by atoms with E-state index < -0.39 is 0 Å². The summed E-state index contributed by atoms with van der Waals surface area (Å²) in [6.45, 7) is 17.4. The predicted molar refractivity (Wildman–Crippen MR) is 131 cm³/mol. The Morgan fingerprint density at radius 2 is 1.48 bits per heavy atom. The second-order valence-electron chi connectivity index (χ2n) is 14.7. The highest BCUT2D eigenvalue weighted by Crippen LogP contribution is 2.87. The molecule has 5 aliphatic carbocycles. The normalized spacial score (nSPS) is 52.0. The molecule has 0 heterocycles. The molecule has 0 aromatic heterocycles. The first-order valence-electron chi connectivity index (χ1n) is 14.2. The Morgan fingerprint density at radius 3 is 2.19 bits per heavy atom. The van der Waals surface area contributed by atoms with E-state index in [1.807, 2.05) is 0 Å². The molecule has 0 aromatic carbocycles. The fourth-order valence-corrected chi connectivity index (χ4v) is 10.9. The number of hydrogen-bond acceptors (Lipinski definition) is 1. The molecule has 31 heavy (non-hydrogen) atoms. The van der Waals surface area contributed by atoms with E-state index in [0.717, 1.165) is 47.8 Å². The third-order valence-corrected chi connectivity index (χ3v) is 13.2. The van der Waals surface area contributed by atoms with Crippen LogP contribution in [0.3, 0.4) is 0 Å². The number of aliphatic hydroxyl groups excluding tert-OH is 1. The Kier molecular flexibility index (Phi) is 5.30. The lowest BCUT2D eigenvalue weighted by molar-refractivity contribution is -0.133. The highest BCUT2D eigenvalue weighted by molar-refractivity contribution is 5.28. The molecule has 2 unspecified atom stereocenters. The van der Waals surface area contributed by atoms with Crippen molar-refractivity contribution in [1.82, 2.24) is 0 Å². The molecular formula is C30H52O. The van der Waals surface area contributed by atoms with Crippen LogP contribution >= 0.6 is 0 Å². The highest BCUT2D eigenvalue weighted by Gasteiger charge is 2.80. The van der Waals surface area contributed by atoms with Crippen LogP contribution in [0.1, 0.15) is 119 Å². The van der Waals surface area contributed by atoms with Crippen LogP contribution < -0.4 is 0 Å². The first-order valence-corrected chi connectivity index (χ1v) is 14.2. The van der Waals surface area contributed by atoms with Gasteiger partial charge in [0.2, 0.25) is 0 Å². The van der Waals surface area contributed by atoms with Crippen molar-refractivity contribution >= 4 is 0 Å². The van der Waals surface area contributed by atoms with Gasteiger partial charge in [0.25, 0.3) is 0 Å². The maximum Gasteiger partial charge on any atom is 0.0594 e. The monoisotopic (exact) mass is 428 g/mol. The molecule has 1 N–H and O–H groups in total. The maximum atomic E-state index is 10.8. The van der Waals surface area contributed by atoms with Crippen LogP contribution in [-0.4, -0.2) is 11.2 Å². The molecule has 5 fully saturated rings. The summed E-state index contributed by atoms with van der Waals surface area (Å²) in [4.78, 5) is 0. The molecule has 0 aliphatic heterocycles. The summed E-state index contributed by atoms with van der Waals surface area (Å²) in [5.41, 5.74) is 2.02. The van der Waals surface area contributed by atoms with E-state index in [-0.39, 0.29) is 11.5 Å². The van der Waals surface area contributed by atoms with Gasteiger partial charge in [-0.05, 0) is 121 Å². The largest absolute Gasteiger partial charge is 0.393 e. The molecule has 2 spiro atoms. The Morgan fingerprint density at radius 1 is 0.774 bits per heavy atom. The summed E-state index contributed by atoms with van der Waals surface area (Å²) in [7, 11) is 0. The number of hydrogen-bond donors (Lipinski definition) is 1. The van der Waals surface area contributed by atoms with E-state index in [0.29, 0.717) is 16.2 Å². The van der Waals surface area contributed by atoms with Crippen LogP contribution in [0.4, 0.5) is 0 Å². The van der Waals surface area contributed by atoms with Gasteiger partial charge in [-0.15, -0.1) is 0 Å². The number of aliphatic hydroxyl groups is 1. The first-order chi connectivity index (χ1) is 14.5. The van der Waals surface area contributed by atoms with Crippen molar-refractivity contribution in [3.63, 3.8) is 0 Å². The zero-order chi connectivity index (χ0) is 22.4. The molecule has 0 saturated heterocycles. The maximum absolute atomic E-state index is 10.8. The van der Waals surface area contributed by atoms with Crippen molar-refractivity contribution in [2.75, 3.05) is 0 Å². The van der Waals surface area contributed by atoms with E-state index in [9.17, 15) is 5.11 Å². The zero-order valence-electron chi connectivity index (χ0n) is 21.8. The minimum absolute atomic E-state index is 0.0730. The molecule has 5 saturated carbocycles. The van der Waals surface area contributed by atoms with Crippen LogP contribution in [0.5, 0.6) is 0 Å². The Hall–Kier alpha value is -0.0400. The third kappa shape index (κ3) is 2.96. The molecule has 0 radical (unpaired) electrons. The summed E-state index contributed by atoms with van der Waals surface area (Å²) < 4.78 is 0. The van der Waals surface area contributed by atoms with Crippen molar-refractivity contribution in [3.05, 3.63) is 0 Å². The highest BCUT2D eigenvalue weighted by atomic mass is 16.3. The second kappa shape index (κ2) is 7.23. The summed E-state index contributed by atoms with van der Waals surface area (Å²) in [5.74, 6) is 6.33. The minimum Gasteiger partial charge on any atom is -0.393 e. The van der Waals surface area contributed by atoms with Crippen molar-refractivity contribution in [3.8, 4) is 0 Å². The minimum atomic E-state index is -0.0730. The molecule has 0 amide bonds. The van der Waals surface area contributed by atoms with Gasteiger partial charge in [-0.25, -0.2) is 0 Å². The van der Waals surface area contributed by atoms with Gasteiger partial charge in [-0.3, -0.25) is 0 Å². The van der Waals surface area contributed by atoms with Crippen LogP contribution in [0.25, 0.3) is 0 Å². The van der Waals surface area contributed by atoms with Crippen molar-refractivity contribution in [1.29, 1.82) is 0 Å². The van der Waals surface area contributed by atoms with E-state index in [4.69, 9.17) is 0 Å². The van der Waals surface area contributed by atoms with E-state index in [1.165, 1.54) is 64.2 Å². The Bertz CT molecular complexity index is 695. The molecule has 0 bridgehead atoms. The lowest BCUT2D eigenvalue weighted by atomic mass is 9.46. The van der Waals surface area contributed by atoms with Gasteiger partial charge in [0.15, 0.2) is 0 Å². The standard InChI is InChI=1S/C30H52O/c1-19(2)20(3)8-9-21(4)22-10-11-23-24-12-13-25-27(5,6)26(31)14-15-30(25)18-29(24,30)17-16-28(22,23)7/h19-26,31H,8-18H2,1-7H3/t20?,21-,22-,23+,24+,25?,26+,28-,29+,30-/m1/s1. The van der Waals surface area contributed by atoms with Crippen LogP contribution in [0, 0.1) is 63.1 Å². The summed E-state index contributed by atoms with van der Waals surface area (Å²) in [6.07, 6.45) is 15.6. The topological polar surface area (TPSA) is 20.2 Å². The van der Waals surface area contributed by atoms with Gasteiger partial charge >= 0.3 is 0 Å². The SMILES string of the molecule is CC(C)C(C)CC[C@@H](C)[C@H]1CC[C@H]2[C@@H]3CCC4C(C)(C)[C@@H](O)CC[C@@]45C[C@@]35CC[C@]12C. The van der Waals surface area contributed by atoms with Crippen LogP contribution in [-0.2, 0) is 0 Å². The second-order valence-corrected chi connectivity index (χ2v) is 14.7. The van der Waals surface area contributed by atoms with Crippen molar-refractivity contribution < 1.29 is 5.11 Å². The lowest BCUT2D eigenvalue weighted by Gasteiger charge is -2.59. The lowest BCUT2D eigenvalue weighted by Crippen LogP contribution is -2.54. The van der Waals surface area contributed by atoms with Gasteiger partial charge in [0, 0.05) is 0 Å². The molecule has 0 aromatic rings. The average Bonchev–Trinajstić information content (AvgIpc) is 3.25. The molecule has 5 aliphatic rings. The summed E-state index contributed by atoms with van der Waals surface area (Å²) in [6, 6.07) is 0. The smallest absolute Gasteiger partial charge is 0.0594 e. The summed E-state index contributed by atoms with van der Waals surface area (Å²) >= 11 is 0. The van der Waals surface area contributed by atoms with E-state index >= 15 is 0 Å².